The summed E-state index contributed by atoms with van der Waals surface area (Å²) < 4.78 is 14.7. The van der Waals surface area contributed by atoms with Gasteiger partial charge < -0.3 is 10.7 Å². The number of rotatable bonds is 6. The van der Waals surface area contributed by atoms with E-state index in [9.17, 15) is 4.39 Å². The highest BCUT2D eigenvalue weighted by Gasteiger charge is 2.23. The molecule has 174 valence electrons. The molecule has 0 bridgehead atoms. The maximum Gasteiger partial charge on any atom is 0.150 e. The van der Waals surface area contributed by atoms with E-state index >= 15 is 0 Å². The molecule has 3 N–H and O–H groups in total. The molecule has 1 aliphatic rings. The van der Waals surface area contributed by atoms with Crippen molar-refractivity contribution in [2.45, 2.75) is 45.4 Å². The van der Waals surface area contributed by atoms with Gasteiger partial charge in [0.05, 0.1) is 11.9 Å². The molecule has 1 fully saturated rings. The Morgan fingerprint density at radius 3 is 2.76 bits per heavy atom. The third-order valence-electron chi connectivity index (χ3n) is 6.60. The van der Waals surface area contributed by atoms with Crippen molar-refractivity contribution in [3.8, 4) is 11.3 Å². The van der Waals surface area contributed by atoms with Crippen LogP contribution in [0.25, 0.3) is 22.2 Å². The summed E-state index contributed by atoms with van der Waals surface area (Å²) in [6.45, 7) is 9.07. The summed E-state index contributed by atoms with van der Waals surface area (Å²) in [4.78, 5) is 14.0. The molecule has 6 heteroatoms. The van der Waals surface area contributed by atoms with Crippen LogP contribution >= 0.6 is 0 Å². The first-order valence-electron chi connectivity index (χ1n) is 11.7. The summed E-state index contributed by atoms with van der Waals surface area (Å²) in [6.07, 6.45) is 7.15. The number of hydrogen-bond donors (Lipinski definition) is 2. The van der Waals surface area contributed by atoms with Crippen molar-refractivity contribution < 1.29 is 4.39 Å². The van der Waals surface area contributed by atoms with Gasteiger partial charge in [0, 0.05) is 47.7 Å². The molecule has 0 aliphatic carbocycles. The Morgan fingerprint density at radius 1 is 1.30 bits per heavy atom. The number of fused-ring (bicyclic) bond motifs is 1. The van der Waals surface area contributed by atoms with Crippen molar-refractivity contribution in [1.29, 1.82) is 0 Å². The Balaban J connectivity index is 1.60. The molecule has 0 amide bonds. The SMILES string of the molecule is CN=CC=C(N)CN1CCC(c2ccc3[nH]c(-c4cc(C)ncc4F)c(C(C)C)c3c2)CC1. The predicted molar refractivity (Wildman–Crippen MR) is 135 cm³/mol. The monoisotopic (exact) mass is 447 g/mol. The highest BCUT2D eigenvalue weighted by molar-refractivity contribution is 5.92. The van der Waals surface area contributed by atoms with Gasteiger partial charge in [-0.15, -0.1) is 0 Å². The summed E-state index contributed by atoms with van der Waals surface area (Å²) in [5.41, 5.74) is 12.8. The maximum absolute atomic E-state index is 14.7. The molecule has 0 radical (unpaired) electrons. The van der Waals surface area contributed by atoms with Gasteiger partial charge in [-0.2, -0.15) is 0 Å². The molecule has 3 aromatic rings. The lowest BCUT2D eigenvalue weighted by molar-refractivity contribution is 0.227. The number of piperidine rings is 1. The molecular formula is C27H34FN5. The zero-order valence-electron chi connectivity index (χ0n) is 20.0. The fraction of sp³-hybridized carbons (Fsp3) is 0.407. The van der Waals surface area contributed by atoms with E-state index in [2.05, 4.69) is 51.9 Å². The Labute approximate surface area is 195 Å². The third-order valence-corrected chi connectivity index (χ3v) is 6.60. The van der Waals surface area contributed by atoms with Crippen LogP contribution in [0, 0.1) is 12.7 Å². The number of allylic oxidation sites excluding steroid dienone is 1. The van der Waals surface area contributed by atoms with Crippen LogP contribution in [-0.2, 0) is 0 Å². The van der Waals surface area contributed by atoms with Gasteiger partial charge in [0.15, 0.2) is 5.82 Å². The van der Waals surface area contributed by atoms with Crippen molar-refractivity contribution in [1.82, 2.24) is 14.9 Å². The highest BCUT2D eigenvalue weighted by Crippen LogP contribution is 2.39. The molecule has 5 nitrogen and oxygen atoms in total. The first-order valence-corrected chi connectivity index (χ1v) is 11.7. The minimum absolute atomic E-state index is 0.264. The molecule has 0 saturated carbocycles. The number of aliphatic imine (C=N–C) groups is 1. The first-order chi connectivity index (χ1) is 15.9. The number of nitrogens with two attached hydrogens (primary N) is 1. The summed E-state index contributed by atoms with van der Waals surface area (Å²) in [5, 5.41) is 1.19. The van der Waals surface area contributed by atoms with Gasteiger partial charge in [0.25, 0.3) is 0 Å². The van der Waals surface area contributed by atoms with Crippen LogP contribution in [0.3, 0.4) is 0 Å². The van der Waals surface area contributed by atoms with E-state index in [4.69, 9.17) is 5.73 Å². The normalized spacial score (nSPS) is 16.5. The van der Waals surface area contributed by atoms with E-state index in [-0.39, 0.29) is 11.7 Å². The van der Waals surface area contributed by atoms with Crippen molar-refractivity contribution in [2.75, 3.05) is 26.7 Å². The minimum atomic E-state index is -0.291. The summed E-state index contributed by atoms with van der Waals surface area (Å²) in [6, 6.07) is 8.54. The zero-order valence-corrected chi connectivity index (χ0v) is 20.0. The van der Waals surface area contributed by atoms with Crippen LogP contribution in [-0.4, -0.2) is 47.8 Å². The molecule has 1 aromatic carbocycles. The van der Waals surface area contributed by atoms with Crippen LogP contribution in [0.15, 0.2) is 47.2 Å². The van der Waals surface area contributed by atoms with Crippen LogP contribution in [0.1, 0.15) is 55.3 Å². The lowest BCUT2D eigenvalue weighted by atomic mass is 9.87. The minimum Gasteiger partial charge on any atom is -0.401 e. The molecule has 0 unspecified atom stereocenters. The van der Waals surface area contributed by atoms with E-state index in [1.54, 1.807) is 13.3 Å². The number of halogens is 1. The maximum atomic E-state index is 14.7. The van der Waals surface area contributed by atoms with Gasteiger partial charge in [-0.05, 0) is 80.1 Å². The van der Waals surface area contributed by atoms with Crippen LogP contribution < -0.4 is 5.73 Å². The topological polar surface area (TPSA) is 70.3 Å². The van der Waals surface area contributed by atoms with E-state index in [1.165, 1.54) is 22.7 Å². The van der Waals surface area contributed by atoms with Crippen LogP contribution in [0.4, 0.5) is 4.39 Å². The Morgan fingerprint density at radius 2 is 2.06 bits per heavy atom. The van der Waals surface area contributed by atoms with Gasteiger partial charge in [-0.1, -0.05) is 19.9 Å². The molecule has 2 aromatic heterocycles. The molecule has 4 rings (SSSR count). The van der Waals surface area contributed by atoms with Crippen molar-refractivity contribution >= 4 is 17.1 Å². The van der Waals surface area contributed by atoms with Gasteiger partial charge in [0.2, 0.25) is 0 Å². The van der Waals surface area contributed by atoms with Crippen molar-refractivity contribution in [2.24, 2.45) is 10.7 Å². The quantitative estimate of drug-likeness (QED) is 0.489. The summed E-state index contributed by atoms with van der Waals surface area (Å²) >= 11 is 0. The van der Waals surface area contributed by atoms with E-state index in [0.717, 1.165) is 55.1 Å². The number of aromatic amines is 1. The number of hydrogen-bond acceptors (Lipinski definition) is 4. The van der Waals surface area contributed by atoms with Crippen molar-refractivity contribution in [3.05, 3.63) is 64.9 Å². The Bertz CT molecular complexity index is 1180. The number of aryl methyl sites for hydroxylation is 1. The molecular weight excluding hydrogens is 413 g/mol. The van der Waals surface area contributed by atoms with Gasteiger partial charge in [0.1, 0.15) is 0 Å². The standard InChI is InChI=1S/C27H34FN5/c1-17(2)26-23-14-20(19-8-11-33(12-9-19)16-21(29)7-10-30-4)5-6-25(23)32-27(26)22-13-18(3)31-15-24(22)28/h5-7,10,13-15,17,19,32H,8-9,11-12,16,29H2,1-4H3. The fourth-order valence-electron chi connectivity index (χ4n) is 4.94. The number of H-pyrrole nitrogens is 1. The lowest BCUT2D eigenvalue weighted by Gasteiger charge is -2.32. The average Bonchev–Trinajstić information content (AvgIpc) is 3.18. The first kappa shape index (κ1) is 23.2. The van der Waals surface area contributed by atoms with E-state index in [0.29, 0.717) is 11.5 Å². The molecule has 33 heavy (non-hydrogen) atoms. The number of nitrogens with zero attached hydrogens (tertiary/aromatic N) is 3. The predicted octanol–water partition coefficient (Wildman–Crippen LogP) is 5.52. The smallest absolute Gasteiger partial charge is 0.150 e. The number of likely N-dealkylation sites (tertiary alicyclic amines) is 1. The van der Waals surface area contributed by atoms with Gasteiger partial charge >= 0.3 is 0 Å². The second-order valence-electron chi connectivity index (χ2n) is 9.38. The average molecular weight is 448 g/mol. The van der Waals surface area contributed by atoms with Crippen LogP contribution in [0.5, 0.6) is 0 Å². The molecule has 1 saturated heterocycles. The molecule has 0 atom stereocenters. The highest BCUT2D eigenvalue weighted by atomic mass is 19.1. The molecule has 1 aliphatic heterocycles. The van der Waals surface area contributed by atoms with Crippen LogP contribution in [0.2, 0.25) is 0 Å². The molecule has 3 heterocycles. The Hall–Kier alpha value is -2.99. The third kappa shape index (κ3) is 5.01. The second kappa shape index (κ2) is 9.87. The Kier molecular flexibility index (Phi) is 6.94. The summed E-state index contributed by atoms with van der Waals surface area (Å²) in [7, 11) is 1.75. The number of aromatic nitrogens is 2. The lowest BCUT2D eigenvalue weighted by Crippen LogP contribution is -2.35. The van der Waals surface area contributed by atoms with E-state index in [1.807, 2.05) is 19.1 Å². The van der Waals surface area contributed by atoms with Crippen molar-refractivity contribution in [3.63, 3.8) is 0 Å². The number of pyridine rings is 1. The number of benzene rings is 1. The second-order valence-corrected chi connectivity index (χ2v) is 9.38. The molecule has 0 spiro atoms. The zero-order chi connectivity index (χ0) is 23.5. The van der Waals surface area contributed by atoms with Gasteiger partial charge in [-0.25, -0.2) is 4.39 Å². The fourth-order valence-corrected chi connectivity index (χ4v) is 4.94. The van der Waals surface area contributed by atoms with Gasteiger partial charge in [-0.3, -0.25) is 14.9 Å². The largest absolute Gasteiger partial charge is 0.401 e. The summed E-state index contributed by atoms with van der Waals surface area (Å²) in [5.74, 6) is 0.492. The number of nitrogens with one attached hydrogen (secondary N) is 1. The van der Waals surface area contributed by atoms with E-state index < -0.39 is 0 Å².